The number of fused-ring (bicyclic) bond motifs is 1. The number of aryl methyl sites for hydroxylation is 1. The number of piperidine rings is 2. The van der Waals surface area contributed by atoms with Crippen LogP contribution in [0.15, 0.2) is 18.2 Å². The summed E-state index contributed by atoms with van der Waals surface area (Å²) in [7, 11) is 1.85. The number of rotatable bonds is 5. The Bertz CT molecular complexity index is 1050. The van der Waals surface area contributed by atoms with Gasteiger partial charge in [-0.15, -0.1) is 0 Å². The lowest BCUT2D eigenvalue weighted by Gasteiger charge is -2.34. The number of benzene rings is 1. The van der Waals surface area contributed by atoms with Gasteiger partial charge in [-0.1, -0.05) is 18.6 Å². The molecule has 3 heterocycles. The van der Waals surface area contributed by atoms with Gasteiger partial charge in [-0.25, -0.2) is 0 Å². The van der Waals surface area contributed by atoms with E-state index in [0.29, 0.717) is 30.9 Å². The van der Waals surface area contributed by atoms with Crippen LogP contribution in [-0.4, -0.2) is 51.6 Å². The Morgan fingerprint density at radius 2 is 1.94 bits per heavy atom. The third-order valence-corrected chi connectivity index (χ3v) is 7.20. The minimum Gasteiger partial charge on any atom is -0.488 e. The summed E-state index contributed by atoms with van der Waals surface area (Å²) in [6, 6.07) is 5.81. The van der Waals surface area contributed by atoms with Crippen LogP contribution < -0.4 is 10.1 Å². The number of nitrogens with one attached hydrogen (secondary N) is 1. The van der Waals surface area contributed by atoms with E-state index in [0.717, 1.165) is 42.6 Å². The van der Waals surface area contributed by atoms with E-state index in [1.807, 2.05) is 30.1 Å². The minimum absolute atomic E-state index is 0.0438. The van der Waals surface area contributed by atoms with Gasteiger partial charge >= 0.3 is 0 Å². The average molecular weight is 439 g/mol. The summed E-state index contributed by atoms with van der Waals surface area (Å²) in [5.74, 6) is 0.680. The zero-order chi connectivity index (χ0) is 22.2. The highest BCUT2D eigenvalue weighted by Crippen LogP contribution is 2.35. The molecule has 3 amide bonds. The van der Waals surface area contributed by atoms with Crippen LogP contribution in [0.5, 0.6) is 5.75 Å². The summed E-state index contributed by atoms with van der Waals surface area (Å²) in [5.41, 5.74) is 1.55. The molecule has 0 bridgehead atoms. The smallest absolute Gasteiger partial charge is 0.235 e. The summed E-state index contributed by atoms with van der Waals surface area (Å²) in [5, 5.41) is 7.94. The second-order valence-electron chi connectivity index (χ2n) is 9.36. The van der Waals surface area contributed by atoms with Crippen LogP contribution in [0.3, 0.4) is 0 Å². The molecule has 2 aromatic rings. The fraction of sp³-hybridized carbons (Fsp3) is 0.583. The molecule has 0 radical (unpaired) electrons. The number of hydrogen-bond donors (Lipinski definition) is 1. The van der Waals surface area contributed by atoms with E-state index in [4.69, 9.17) is 4.74 Å². The Morgan fingerprint density at radius 3 is 2.62 bits per heavy atom. The number of likely N-dealkylation sites (tertiary alicyclic amines) is 1. The van der Waals surface area contributed by atoms with Crippen molar-refractivity contribution >= 4 is 28.6 Å². The summed E-state index contributed by atoms with van der Waals surface area (Å²) in [6.45, 7) is 1.47. The van der Waals surface area contributed by atoms with E-state index in [2.05, 4.69) is 10.4 Å². The zero-order valence-corrected chi connectivity index (χ0v) is 18.5. The SMILES string of the molecule is Cn1nc(C2CCC(=O)NC2=O)c2cccc(OC3CCN(C(=O)CC4CCC4)CC3)c21. The van der Waals surface area contributed by atoms with E-state index < -0.39 is 5.92 Å². The van der Waals surface area contributed by atoms with Gasteiger partial charge in [0, 0.05) is 51.2 Å². The first-order chi connectivity index (χ1) is 15.5. The summed E-state index contributed by atoms with van der Waals surface area (Å²) in [4.78, 5) is 38.4. The van der Waals surface area contributed by atoms with Gasteiger partial charge in [-0.2, -0.15) is 5.10 Å². The van der Waals surface area contributed by atoms with Crippen molar-refractivity contribution in [1.29, 1.82) is 0 Å². The quantitative estimate of drug-likeness (QED) is 0.725. The number of carbonyl (C=O) groups is 3. The molecule has 170 valence electrons. The Kier molecular flexibility index (Phi) is 5.61. The summed E-state index contributed by atoms with van der Waals surface area (Å²) < 4.78 is 8.15. The maximum absolute atomic E-state index is 12.5. The molecule has 1 aromatic carbocycles. The number of ether oxygens (including phenoxy) is 1. The van der Waals surface area contributed by atoms with Crippen molar-refractivity contribution in [2.75, 3.05) is 13.1 Å². The Labute approximate surface area is 187 Å². The number of aromatic nitrogens is 2. The lowest BCUT2D eigenvalue weighted by atomic mass is 9.82. The largest absolute Gasteiger partial charge is 0.488 e. The van der Waals surface area contributed by atoms with E-state index >= 15 is 0 Å². The highest BCUT2D eigenvalue weighted by atomic mass is 16.5. The molecule has 1 aromatic heterocycles. The van der Waals surface area contributed by atoms with Crippen molar-refractivity contribution in [2.24, 2.45) is 13.0 Å². The fourth-order valence-corrected chi connectivity index (χ4v) is 5.11. The molecular weight excluding hydrogens is 408 g/mol. The standard InChI is InChI=1S/C24H30N4O4/c1-27-23-17(22(26-27)18-8-9-20(29)25-24(18)31)6-3-7-19(23)32-16-10-12-28(13-11-16)21(30)14-15-4-2-5-15/h3,6-7,15-16,18H,2,4-5,8-14H2,1H3,(H,25,29,31). The first kappa shape index (κ1) is 21.0. The maximum atomic E-state index is 12.5. The Hall–Kier alpha value is -2.90. The van der Waals surface area contributed by atoms with Gasteiger partial charge in [0.1, 0.15) is 17.4 Å². The molecule has 3 aliphatic rings. The van der Waals surface area contributed by atoms with Gasteiger partial charge < -0.3 is 9.64 Å². The van der Waals surface area contributed by atoms with Crippen LogP contribution in [0.1, 0.15) is 63.0 Å². The zero-order valence-electron chi connectivity index (χ0n) is 18.5. The molecule has 8 nitrogen and oxygen atoms in total. The number of carbonyl (C=O) groups excluding carboxylic acids is 3. The highest BCUT2D eigenvalue weighted by molar-refractivity contribution is 6.02. The van der Waals surface area contributed by atoms with Crippen LogP contribution in [0.4, 0.5) is 0 Å². The molecule has 1 atom stereocenters. The molecule has 2 aliphatic heterocycles. The van der Waals surface area contributed by atoms with Crippen LogP contribution in [0.25, 0.3) is 10.9 Å². The summed E-state index contributed by atoms with van der Waals surface area (Å²) >= 11 is 0. The first-order valence-corrected chi connectivity index (χ1v) is 11.7. The molecule has 1 unspecified atom stereocenters. The third kappa shape index (κ3) is 3.98. The van der Waals surface area contributed by atoms with Crippen molar-refractivity contribution in [2.45, 2.75) is 63.4 Å². The first-order valence-electron chi connectivity index (χ1n) is 11.7. The Balaban J connectivity index is 1.28. The molecule has 1 N–H and O–H groups in total. The van der Waals surface area contributed by atoms with Crippen molar-refractivity contribution in [1.82, 2.24) is 20.0 Å². The molecule has 1 saturated carbocycles. The molecule has 8 heteroatoms. The number of amides is 3. The van der Waals surface area contributed by atoms with Crippen molar-refractivity contribution in [3.05, 3.63) is 23.9 Å². The molecule has 0 spiro atoms. The molecule has 5 rings (SSSR count). The average Bonchev–Trinajstić information content (AvgIpc) is 3.08. The van der Waals surface area contributed by atoms with Crippen LogP contribution in [0.2, 0.25) is 0 Å². The molecule has 2 saturated heterocycles. The van der Waals surface area contributed by atoms with Crippen molar-refractivity contribution in [3.63, 3.8) is 0 Å². The van der Waals surface area contributed by atoms with Crippen molar-refractivity contribution in [3.8, 4) is 5.75 Å². The normalized spacial score (nSPS) is 22.7. The summed E-state index contributed by atoms with van der Waals surface area (Å²) in [6.07, 6.45) is 6.80. The molecule has 3 fully saturated rings. The van der Waals surface area contributed by atoms with Gasteiger partial charge in [-0.3, -0.25) is 24.4 Å². The molecule has 32 heavy (non-hydrogen) atoms. The Morgan fingerprint density at radius 1 is 1.16 bits per heavy atom. The van der Waals surface area contributed by atoms with Gasteiger partial charge in [0.05, 0.1) is 11.6 Å². The third-order valence-electron chi connectivity index (χ3n) is 7.20. The van der Waals surface area contributed by atoms with E-state index in [1.54, 1.807) is 4.68 Å². The number of nitrogens with zero attached hydrogens (tertiary/aromatic N) is 3. The lowest BCUT2D eigenvalue weighted by molar-refractivity contribution is -0.135. The van der Waals surface area contributed by atoms with Gasteiger partial charge in [-0.05, 0) is 31.2 Å². The monoisotopic (exact) mass is 438 g/mol. The van der Waals surface area contributed by atoms with Crippen LogP contribution in [-0.2, 0) is 21.4 Å². The van der Waals surface area contributed by atoms with Crippen LogP contribution in [0, 0.1) is 5.92 Å². The number of para-hydroxylation sites is 1. The predicted molar refractivity (Wildman–Crippen MR) is 118 cm³/mol. The number of imide groups is 1. The maximum Gasteiger partial charge on any atom is 0.235 e. The lowest BCUT2D eigenvalue weighted by Crippen LogP contribution is -2.42. The fourth-order valence-electron chi connectivity index (χ4n) is 5.11. The van der Waals surface area contributed by atoms with Gasteiger partial charge in [0.15, 0.2) is 0 Å². The molecule has 1 aliphatic carbocycles. The van der Waals surface area contributed by atoms with Gasteiger partial charge in [0.25, 0.3) is 0 Å². The second kappa shape index (κ2) is 8.56. The number of hydrogen-bond acceptors (Lipinski definition) is 5. The minimum atomic E-state index is -0.434. The van der Waals surface area contributed by atoms with Crippen molar-refractivity contribution < 1.29 is 19.1 Å². The molecular formula is C24H30N4O4. The highest BCUT2D eigenvalue weighted by Gasteiger charge is 2.33. The van der Waals surface area contributed by atoms with E-state index in [9.17, 15) is 14.4 Å². The van der Waals surface area contributed by atoms with Gasteiger partial charge in [0.2, 0.25) is 17.7 Å². The van der Waals surface area contributed by atoms with E-state index in [1.165, 1.54) is 19.3 Å². The predicted octanol–water partition coefficient (Wildman–Crippen LogP) is 2.65. The van der Waals surface area contributed by atoms with E-state index in [-0.39, 0.29) is 23.8 Å². The van der Waals surface area contributed by atoms with Crippen LogP contribution >= 0.6 is 0 Å². The second-order valence-corrected chi connectivity index (χ2v) is 9.36. The topological polar surface area (TPSA) is 93.5 Å².